The lowest BCUT2D eigenvalue weighted by atomic mass is 9.69. The van der Waals surface area contributed by atoms with E-state index in [4.69, 9.17) is 11.6 Å². The third kappa shape index (κ3) is 6.16. The van der Waals surface area contributed by atoms with Gasteiger partial charge in [0, 0.05) is 10.6 Å². The normalized spacial score (nSPS) is 23.6. The van der Waals surface area contributed by atoms with E-state index in [2.05, 4.69) is 63.9 Å². The maximum absolute atomic E-state index is 14.4. The molecule has 0 radical (unpaired) electrons. The maximum Gasteiger partial charge on any atom is 0.251 e. The highest BCUT2D eigenvalue weighted by atomic mass is 35.5. The van der Waals surface area contributed by atoms with Gasteiger partial charge in [-0.15, -0.1) is 10.2 Å². The van der Waals surface area contributed by atoms with Crippen molar-refractivity contribution in [3.63, 3.8) is 0 Å². The molecule has 2 heterocycles. The number of rotatable bonds is 8. The first kappa shape index (κ1) is 29.2. The second-order valence-corrected chi connectivity index (χ2v) is 12.9. The van der Waals surface area contributed by atoms with Crippen molar-refractivity contribution < 1.29 is 9.59 Å². The molecule has 2 amide bonds. The molecule has 1 saturated heterocycles. The van der Waals surface area contributed by atoms with E-state index in [-0.39, 0.29) is 29.8 Å². The highest BCUT2D eigenvalue weighted by Gasteiger charge is 2.55. The monoisotopic (exact) mass is 577 g/mol. The van der Waals surface area contributed by atoms with Crippen LogP contribution < -0.4 is 10.6 Å². The van der Waals surface area contributed by atoms with E-state index in [1.54, 1.807) is 0 Å². The topological polar surface area (TPSA) is 116 Å². The number of carbonyl (C=O) groups excluding carboxylic acids is 2. The van der Waals surface area contributed by atoms with Crippen molar-refractivity contribution in [3.05, 3.63) is 76.1 Å². The molecule has 5 rings (SSSR count). The molecule has 2 atom stereocenters. The lowest BCUT2D eigenvalue weighted by molar-refractivity contribution is -0.137. The molecular weight excluding hydrogens is 538 g/mol. The Bertz CT molecular complexity index is 1330. The average Bonchev–Trinajstić information content (AvgIpc) is 3.57. The maximum atomic E-state index is 14.4. The number of amides is 2. The van der Waals surface area contributed by atoms with Gasteiger partial charge in [0.05, 0.1) is 18.2 Å². The lowest BCUT2D eigenvalue weighted by Gasteiger charge is -2.49. The largest absolute Gasteiger partial charge is 0.345 e. The zero-order chi connectivity index (χ0) is 29.2. The molecule has 2 unspecified atom stereocenters. The van der Waals surface area contributed by atoms with Crippen LogP contribution >= 0.6 is 11.6 Å². The second-order valence-electron chi connectivity index (χ2n) is 12.4. The third-order valence-electron chi connectivity index (χ3n) is 8.83. The standard InChI is InChI=1S/C31H40ClN7O2/c1-5-6-25(20-7-9-22(10-8-20)28(40)33-19-26-35-37-38-36-26)39-29(41)27(21-11-13-24(32)14-12-21)34-31(39)17-15-23(16-18-31)30(2,3)4/h7-14,23,25,27,34H,5-6,15-19H2,1-4H3,(H,33,40)(H,35,36,37,38). The fraction of sp³-hybridized carbons (Fsp3) is 0.516. The summed E-state index contributed by atoms with van der Waals surface area (Å²) in [6.07, 6.45) is 5.68. The van der Waals surface area contributed by atoms with Crippen molar-refractivity contribution in [2.24, 2.45) is 11.3 Å². The average molecular weight is 578 g/mol. The number of nitrogens with one attached hydrogen (secondary N) is 3. The molecule has 41 heavy (non-hydrogen) atoms. The highest BCUT2D eigenvalue weighted by molar-refractivity contribution is 6.30. The Kier molecular flexibility index (Phi) is 8.47. The molecule has 9 nitrogen and oxygen atoms in total. The molecule has 218 valence electrons. The van der Waals surface area contributed by atoms with E-state index in [1.807, 2.05) is 48.5 Å². The van der Waals surface area contributed by atoms with Crippen LogP contribution in [-0.2, 0) is 11.3 Å². The summed E-state index contributed by atoms with van der Waals surface area (Å²) in [5, 5.41) is 20.9. The van der Waals surface area contributed by atoms with Gasteiger partial charge in [-0.2, -0.15) is 5.21 Å². The number of nitrogens with zero attached hydrogens (tertiary/aromatic N) is 4. The van der Waals surface area contributed by atoms with E-state index >= 15 is 0 Å². The van der Waals surface area contributed by atoms with Crippen LogP contribution in [0.1, 0.15) is 106 Å². The van der Waals surface area contributed by atoms with E-state index in [1.165, 1.54) is 0 Å². The van der Waals surface area contributed by atoms with E-state index in [0.29, 0.717) is 22.3 Å². The molecule has 1 spiro atoms. The van der Waals surface area contributed by atoms with Gasteiger partial charge in [-0.1, -0.05) is 75.2 Å². The Morgan fingerprint density at radius 3 is 2.39 bits per heavy atom. The summed E-state index contributed by atoms with van der Waals surface area (Å²) in [5.41, 5.74) is 2.31. The van der Waals surface area contributed by atoms with E-state index in [0.717, 1.165) is 49.7 Å². The first-order valence-electron chi connectivity index (χ1n) is 14.6. The number of H-pyrrole nitrogens is 1. The van der Waals surface area contributed by atoms with Crippen LogP contribution in [0, 0.1) is 11.3 Å². The predicted octanol–water partition coefficient (Wildman–Crippen LogP) is 5.73. The number of benzene rings is 2. The summed E-state index contributed by atoms with van der Waals surface area (Å²) in [7, 11) is 0. The van der Waals surface area contributed by atoms with Crippen molar-refractivity contribution in [2.75, 3.05) is 0 Å². The first-order valence-corrected chi connectivity index (χ1v) is 15.0. The molecule has 1 saturated carbocycles. The zero-order valence-electron chi connectivity index (χ0n) is 24.3. The van der Waals surface area contributed by atoms with E-state index in [9.17, 15) is 9.59 Å². The molecule has 1 aromatic heterocycles. The number of carbonyl (C=O) groups is 2. The summed E-state index contributed by atoms with van der Waals surface area (Å²) in [6.45, 7) is 9.29. The summed E-state index contributed by atoms with van der Waals surface area (Å²) in [5.74, 6) is 0.907. The van der Waals surface area contributed by atoms with Gasteiger partial charge in [0.2, 0.25) is 5.91 Å². The van der Waals surface area contributed by atoms with Crippen LogP contribution in [0.4, 0.5) is 0 Å². The number of hydrogen-bond donors (Lipinski definition) is 3. The van der Waals surface area contributed by atoms with Gasteiger partial charge < -0.3 is 10.2 Å². The smallest absolute Gasteiger partial charge is 0.251 e. The van der Waals surface area contributed by atoms with Crippen molar-refractivity contribution in [2.45, 2.75) is 90.5 Å². The van der Waals surface area contributed by atoms with Gasteiger partial charge in [0.15, 0.2) is 5.82 Å². The van der Waals surface area contributed by atoms with Crippen LogP contribution in [-0.4, -0.2) is 43.0 Å². The van der Waals surface area contributed by atoms with Gasteiger partial charge in [0.25, 0.3) is 5.91 Å². The second kappa shape index (κ2) is 11.9. The van der Waals surface area contributed by atoms with Crippen LogP contribution in [0.15, 0.2) is 48.5 Å². The number of hydrogen-bond acceptors (Lipinski definition) is 6. The molecule has 2 aliphatic rings. The van der Waals surface area contributed by atoms with Crippen molar-refractivity contribution in [3.8, 4) is 0 Å². The van der Waals surface area contributed by atoms with Crippen molar-refractivity contribution in [1.29, 1.82) is 0 Å². The minimum Gasteiger partial charge on any atom is -0.345 e. The quantitative estimate of drug-likeness (QED) is 0.315. The minimum atomic E-state index is -0.427. The molecule has 3 N–H and O–H groups in total. The van der Waals surface area contributed by atoms with Crippen LogP contribution in [0.5, 0.6) is 0 Å². The Morgan fingerprint density at radius 2 is 1.80 bits per heavy atom. The molecule has 2 aromatic carbocycles. The van der Waals surface area contributed by atoms with Crippen LogP contribution in [0.3, 0.4) is 0 Å². The molecule has 1 aliphatic heterocycles. The van der Waals surface area contributed by atoms with Crippen LogP contribution in [0.25, 0.3) is 0 Å². The zero-order valence-corrected chi connectivity index (χ0v) is 25.0. The fourth-order valence-corrected chi connectivity index (χ4v) is 6.65. The van der Waals surface area contributed by atoms with Crippen LogP contribution in [0.2, 0.25) is 5.02 Å². The number of aromatic nitrogens is 4. The summed E-state index contributed by atoms with van der Waals surface area (Å²) < 4.78 is 0. The molecule has 2 fully saturated rings. The van der Waals surface area contributed by atoms with Gasteiger partial charge in [-0.3, -0.25) is 14.9 Å². The fourth-order valence-electron chi connectivity index (χ4n) is 6.52. The van der Waals surface area contributed by atoms with Gasteiger partial charge in [0.1, 0.15) is 6.04 Å². The third-order valence-corrected chi connectivity index (χ3v) is 9.08. The highest BCUT2D eigenvalue weighted by Crippen LogP contribution is 2.50. The number of tetrazole rings is 1. The Morgan fingerprint density at radius 1 is 1.12 bits per heavy atom. The summed E-state index contributed by atoms with van der Waals surface area (Å²) in [6, 6.07) is 14.7. The molecule has 0 bridgehead atoms. The minimum absolute atomic E-state index is 0.0990. The Hall–Kier alpha value is -3.30. The van der Waals surface area contributed by atoms with Gasteiger partial charge >= 0.3 is 0 Å². The summed E-state index contributed by atoms with van der Waals surface area (Å²) in [4.78, 5) is 29.3. The molecule has 10 heteroatoms. The number of aromatic amines is 1. The Balaban J connectivity index is 1.43. The SMILES string of the molecule is CCCC(c1ccc(C(=O)NCc2nn[nH]n2)cc1)N1C(=O)C(c2ccc(Cl)cc2)NC12CCC(C(C)(C)C)CC2. The molecule has 3 aromatic rings. The molecular formula is C31H40ClN7O2. The Labute approximate surface area is 246 Å². The molecule has 1 aliphatic carbocycles. The van der Waals surface area contributed by atoms with Crippen molar-refractivity contribution in [1.82, 2.24) is 36.2 Å². The predicted molar refractivity (Wildman–Crippen MR) is 158 cm³/mol. The van der Waals surface area contributed by atoms with E-state index < -0.39 is 11.7 Å². The number of halogens is 1. The lowest BCUT2D eigenvalue weighted by Crippen LogP contribution is -2.56. The summed E-state index contributed by atoms with van der Waals surface area (Å²) >= 11 is 6.18. The van der Waals surface area contributed by atoms with Crippen molar-refractivity contribution >= 4 is 23.4 Å². The van der Waals surface area contributed by atoms with Gasteiger partial charge in [-0.25, -0.2) is 0 Å². The first-order chi connectivity index (χ1) is 19.6. The van der Waals surface area contributed by atoms with Gasteiger partial charge in [-0.05, 0) is 78.8 Å².